The Morgan fingerprint density at radius 2 is 2.24 bits per heavy atom. The van der Waals surface area contributed by atoms with Crippen molar-refractivity contribution in [3.63, 3.8) is 0 Å². The van der Waals surface area contributed by atoms with E-state index in [-0.39, 0.29) is 5.91 Å². The predicted octanol–water partition coefficient (Wildman–Crippen LogP) is 2.53. The van der Waals surface area contributed by atoms with Crippen LogP contribution in [0.15, 0.2) is 36.8 Å². The molecule has 0 unspecified atom stereocenters. The highest BCUT2D eigenvalue weighted by molar-refractivity contribution is 5.94. The highest BCUT2D eigenvalue weighted by atomic mass is 16.2. The van der Waals surface area contributed by atoms with Gasteiger partial charge in [-0.1, -0.05) is 6.07 Å². The summed E-state index contributed by atoms with van der Waals surface area (Å²) in [5, 5.41) is 3.37. The van der Waals surface area contributed by atoms with Crippen LogP contribution in [-0.4, -0.2) is 34.5 Å². The van der Waals surface area contributed by atoms with Crippen molar-refractivity contribution in [1.82, 2.24) is 14.5 Å². The summed E-state index contributed by atoms with van der Waals surface area (Å²) in [5.74, 6) is 0.0154. The third kappa shape index (κ3) is 3.07. The number of amides is 1. The molecule has 0 bridgehead atoms. The van der Waals surface area contributed by atoms with Gasteiger partial charge in [-0.2, -0.15) is 0 Å². The molecule has 110 valence electrons. The van der Waals surface area contributed by atoms with E-state index in [0.717, 1.165) is 12.2 Å². The Bertz CT molecular complexity index is 643. The molecular weight excluding hydrogens is 264 g/mol. The first kappa shape index (κ1) is 13.7. The summed E-state index contributed by atoms with van der Waals surface area (Å²) in [7, 11) is 3.52. The van der Waals surface area contributed by atoms with Crippen molar-refractivity contribution in [2.75, 3.05) is 19.4 Å². The molecule has 0 aliphatic heterocycles. The van der Waals surface area contributed by atoms with Crippen molar-refractivity contribution in [2.24, 2.45) is 0 Å². The smallest absolute Gasteiger partial charge is 0.253 e. The molecule has 0 spiro atoms. The van der Waals surface area contributed by atoms with E-state index in [1.165, 1.54) is 18.5 Å². The Kier molecular flexibility index (Phi) is 3.64. The number of hydrogen-bond acceptors (Lipinski definition) is 3. The molecule has 1 aromatic carbocycles. The van der Waals surface area contributed by atoms with Crippen LogP contribution in [0, 0.1) is 0 Å². The van der Waals surface area contributed by atoms with Crippen molar-refractivity contribution in [1.29, 1.82) is 0 Å². The minimum Gasteiger partial charge on any atom is -0.379 e. The van der Waals surface area contributed by atoms with E-state index in [2.05, 4.69) is 14.9 Å². The molecule has 2 aromatic rings. The Morgan fingerprint density at radius 1 is 1.43 bits per heavy atom. The molecule has 0 radical (unpaired) electrons. The van der Waals surface area contributed by atoms with Crippen molar-refractivity contribution in [2.45, 2.75) is 25.4 Å². The minimum absolute atomic E-state index is 0.0154. The highest BCUT2D eigenvalue weighted by Gasteiger charge is 2.24. The number of benzene rings is 1. The van der Waals surface area contributed by atoms with E-state index in [1.807, 2.05) is 36.8 Å². The second kappa shape index (κ2) is 5.60. The van der Waals surface area contributed by atoms with Crippen molar-refractivity contribution in [3.05, 3.63) is 48.0 Å². The molecule has 1 N–H and O–H groups in total. The number of aromatic nitrogens is 2. The summed E-state index contributed by atoms with van der Waals surface area (Å²) >= 11 is 0. The van der Waals surface area contributed by atoms with E-state index in [0.29, 0.717) is 11.6 Å². The predicted molar refractivity (Wildman–Crippen MR) is 82.3 cm³/mol. The van der Waals surface area contributed by atoms with Crippen LogP contribution in [0.3, 0.4) is 0 Å². The van der Waals surface area contributed by atoms with Crippen LogP contribution in [0.1, 0.15) is 34.9 Å². The van der Waals surface area contributed by atoms with Gasteiger partial charge in [-0.15, -0.1) is 0 Å². The first-order chi connectivity index (χ1) is 10.1. The van der Waals surface area contributed by atoms with Gasteiger partial charge in [-0.25, -0.2) is 4.98 Å². The number of nitrogens with one attached hydrogen (secondary N) is 1. The lowest BCUT2D eigenvalue weighted by molar-refractivity contribution is 0.0827. The van der Waals surface area contributed by atoms with Crippen LogP contribution in [0.25, 0.3) is 0 Å². The largest absolute Gasteiger partial charge is 0.379 e. The van der Waals surface area contributed by atoms with Crippen LogP contribution in [-0.2, 0) is 6.54 Å². The fourth-order valence-corrected chi connectivity index (χ4v) is 2.36. The SMILES string of the molecule is CN(C)C(=O)c1cccc(NCc2cncn2C2CC2)c1. The van der Waals surface area contributed by atoms with E-state index < -0.39 is 0 Å². The summed E-state index contributed by atoms with van der Waals surface area (Å²) in [6, 6.07) is 8.23. The molecule has 1 amide bonds. The number of imidazole rings is 1. The molecule has 1 aliphatic carbocycles. The van der Waals surface area contributed by atoms with Gasteiger partial charge >= 0.3 is 0 Å². The minimum atomic E-state index is 0.0154. The lowest BCUT2D eigenvalue weighted by Crippen LogP contribution is -2.21. The van der Waals surface area contributed by atoms with Gasteiger partial charge in [0.1, 0.15) is 0 Å². The zero-order valence-corrected chi connectivity index (χ0v) is 12.4. The maximum Gasteiger partial charge on any atom is 0.253 e. The topological polar surface area (TPSA) is 50.2 Å². The third-order valence-corrected chi connectivity index (χ3v) is 3.68. The molecule has 1 saturated carbocycles. The first-order valence-electron chi connectivity index (χ1n) is 7.21. The average molecular weight is 284 g/mol. The van der Waals surface area contributed by atoms with Crippen molar-refractivity contribution in [3.8, 4) is 0 Å². The monoisotopic (exact) mass is 284 g/mol. The van der Waals surface area contributed by atoms with Crippen LogP contribution < -0.4 is 5.32 Å². The second-order valence-electron chi connectivity index (χ2n) is 5.66. The molecule has 1 fully saturated rings. The maximum atomic E-state index is 12.0. The summed E-state index contributed by atoms with van der Waals surface area (Å²) in [6.45, 7) is 0.718. The van der Waals surface area contributed by atoms with Gasteiger partial charge in [0, 0.05) is 37.6 Å². The Hall–Kier alpha value is -2.30. The van der Waals surface area contributed by atoms with Gasteiger partial charge in [0.05, 0.1) is 18.6 Å². The molecule has 5 nitrogen and oxygen atoms in total. The van der Waals surface area contributed by atoms with Crippen LogP contribution in [0.4, 0.5) is 5.69 Å². The highest BCUT2D eigenvalue weighted by Crippen LogP contribution is 2.35. The summed E-state index contributed by atoms with van der Waals surface area (Å²) in [6.07, 6.45) is 6.30. The number of rotatable bonds is 5. The zero-order chi connectivity index (χ0) is 14.8. The Labute approximate surface area is 124 Å². The molecule has 0 atom stereocenters. The molecule has 0 saturated heterocycles. The molecule has 1 heterocycles. The number of anilines is 1. The van der Waals surface area contributed by atoms with Crippen LogP contribution in [0.5, 0.6) is 0 Å². The quantitative estimate of drug-likeness (QED) is 0.918. The van der Waals surface area contributed by atoms with E-state index >= 15 is 0 Å². The molecular formula is C16H20N4O. The van der Waals surface area contributed by atoms with Gasteiger partial charge in [0.15, 0.2) is 0 Å². The Morgan fingerprint density at radius 3 is 2.95 bits per heavy atom. The fourth-order valence-electron chi connectivity index (χ4n) is 2.36. The van der Waals surface area contributed by atoms with Gasteiger partial charge in [0.2, 0.25) is 0 Å². The third-order valence-electron chi connectivity index (χ3n) is 3.68. The normalized spacial score (nSPS) is 14.0. The van der Waals surface area contributed by atoms with Crippen LogP contribution >= 0.6 is 0 Å². The Balaban J connectivity index is 1.69. The summed E-state index contributed by atoms with van der Waals surface area (Å²) in [5.41, 5.74) is 2.83. The van der Waals surface area contributed by atoms with Crippen molar-refractivity contribution < 1.29 is 4.79 Å². The number of carbonyl (C=O) groups is 1. The second-order valence-corrected chi connectivity index (χ2v) is 5.66. The maximum absolute atomic E-state index is 12.0. The van der Waals surface area contributed by atoms with Crippen molar-refractivity contribution >= 4 is 11.6 Å². The number of nitrogens with zero attached hydrogens (tertiary/aromatic N) is 3. The molecule has 3 rings (SSSR count). The van der Waals surface area contributed by atoms with E-state index in [1.54, 1.807) is 19.0 Å². The molecule has 21 heavy (non-hydrogen) atoms. The standard InChI is InChI=1S/C16H20N4O/c1-19(2)16(21)12-4-3-5-13(8-12)18-10-15-9-17-11-20(15)14-6-7-14/h3-5,8-9,11,14,18H,6-7,10H2,1-2H3. The molecule has 5 heteroatoms. The van der Waals surface area contributed by atoms with Gasteiger partial charge in [0.25, 0.3) is 5.91 Å². The molecule has 1 aromatic heterocycles. The van der Waals surface area contributed by atoms with E-state index in [9.17, 15) is 4.79 Å². The van der Waals surface area contributed by atoms with E-state index in [4.69, 9.17) is 0 Å². The fraction of sp³-hybridized carbons (Fsp3) is 0.375. The van der Waals surface area contributed by atoms with Gasteiger partial charge < -0.3 is 14.8 Å². The van der Waals surface area contributed by atoms with Crippen LogP contribution in [0.2, 0.25) is 0 Å². The number of hydrogen-bond donors (Lipinski definition) is 1. The average Bonchev–Trinajstić information content (AvgIpc) is 3.23. The lowest BCUT2D eigenvalue weighted by Gasteiger charge is -2.12. The first-order valence-corrected chi connectivity index (χ1v) is 7.21. The summed E-state index contributed by atoms with van der Waals surface area (Å²) in [4.78, 5) is 17.8. The number of carbonyl (C=O) groups excluding carboxylic acids is 1. The zero-order valence-electron chi connectivity index (χ0n) is 12.4. The lowest BCUT2D eigenvalue weighted by atomic mass is 10.2. The summed E-state index contributed by atoms with van der Waals surface area (Å²) < 4.78 is 2.24. The van der Waals surface area contributed by atoms with Gasteiger partial charge in [-0.05, 0) is 31.0 Å². The van der Waals surface area contributed by atoms with Gasteiger partial charge in [-0.3, -0.25) is 4.79 Å². The molecule has 1 aliphatic rings.